The molecule has 0 bridgehead atoms. The summed E-state index contributed by atoms with van der Waals surface area (Å²) in [6.07, 6.45) is 3.04. The third-order valence-corrected chi connectivity index (χ3v) is 4.95. The van der Waals surface area contributed by atoms with Gasteiger partial charge in [-0.05, 0) is 42.1 Å². The third-order valence-electron chi connectivity index (χ3n) is 3.37. The number of carbonyl (C=O) groups is 2. The van der Waals surface area contributed by atoms with Crippen molar-refractivity contribution in [2.45, 2.75) is 6.92 Å². The number of amides is 1. The molecule has 0 atom stereocenters. The summed E-state index contributed by atoms with van der Waals surface area (Å²) < 4.78 is 4.83. The molecule has 0 unspecified atom stereocenters. The van der Waals surface area contributed by atoms with E-state index < -0.39 is 0 Å². The molecule has 132 valence electrons. The molecule has 26 heavy (non-hydrogen) atoms. The first kappa shape index (κ1) is 18.0. The summed E-state index contributed by atoms with van der Waals surface area (Å²) in [4.78, 5) is 28.0. The van der Waals surface area contributed by atoms with Gasteiger partial charge in [-0.1, -0.05) is 12.1 Å². The zero-order valence-corrected chi connectivity index (χ0v) is 15.6. The van der Waals surface area contributed by atoms with Gasteiger partial charge in [0.25, 0.3) is 5.91 Å². The SMILES string of the molecule is CCOC(=O)C=Cc1ccc(NC(=O)c2csc(-c3ccsc3)n2)cc1. The van der Waals surface area contributed by atoms with Crippen LogP contribution in [0.3, 0.4) is 0 Å². The van der Waals surface area contributed by atoms with E-state index in [-0.39, 0.29) is 11.9 Å². The molecule has 0 saturated carbocycles. The van der Waals surface area contributed by atoms with Crippen LogP contribution in [-0.2, 0) is 9.53 Å². The molecule has 0 radical (unpaired) electrons. The van der Waals surface area contributed by atoms with Crippen molar-refractivity contribution in [1.29, 1.82) is 0 Å². The summed E-state index contributed by atoms with van der Waals surface area (Å²) in [5.74, 6) is -0.632. The van der Waals surface area contributed by atoms with Gasteiger partial charge in [0.1, 0.15) is 10.7 Å². The average Bonchev–Trinajstić information content (AvgIpc) is 3.32. The van der Waals surface area contributed by atoms with Crippen molar-refractivity contribution in [2.24, 2.45) is 0 Å². The molecule has 0 aliphatic rings. The zero-order chi connectivity index (χ0) is 18.4. The van der Waals surface area contributed by atoms with Crippen LogP contribution < -0.4 is 5.32 Å². The van der Waals surface area contributed by atoms with Crippen LogP contribution in [0.15, 0.2) is 52.5 Å². The largest absolute Gasteiger partial charge is 0.463 e. The average molecular weight is 384 g/mol. The van der Waals surface area contributed by atoms with Gasteiger partial charge < -0.3 is 10.1 Å². The van der Waals surface area contributed by atoms with Crippen molar-refractivity contribution in [3.8, 4) is 10.6 Å². The highest BCUT2D eigenvalue weighted by Crippen LogP contribution is 2.26. The van der Waals surface area contributed by atoms with Crippen molar-refractivity contribution < 1.29 is 14.3 Å². The Morgan fingerprint density at radius 3 is 2.69 bits per heavy atom. The minimum Gasteiger partial charge on any atom is -0.463 e. The van der Waals surface area contributed by atoms with Crippen molar-refractivity contribution >= 4 is 46.3 Å². The lowest BCUT2D eigenvalue weighted by molar-refractivity contribution is -0.137. The fourth-order valence-electron chi connectivity index (χ4n) is 2.12. The number of benzene rings is 1. The predicted octanol–water partition coefficient (Wildman–Crippen LogP) is 4.70. The number of rotatable bonds is 6. The first-order valence-electron chi connectivity index (χ1n) is 7.90. The lowest BCUT2D eigenvalue weighted by atomic mass is 10.2. The summed E-state index contributed by atoms with van der Waals surface area (Å²) in [5, 5.41) is 9.38. The van der Waals surface area contributed by atoms with Crippen LogP contribution in [0.1, 0.15) is 23.0 Å². The fraction of sp³-hybridized carbons (Fsp3) is 0.105. The van der Waals surface area contributed by atoms with E-state index in [9.17, 15) is 9.59 Å². The molecule has 1 aromatic carbocycles. The Morgan fingerprint density at radius 1 is 1.19 bits per heavy atom. The highest BCUT2D eigenvalue weighted by atomic mass is 32.1. The second kappa shape index (κ2) is 8.55. The molecule has 2 aromatic heterocycles. The lowest BCUT2D eigenvalue weighted by Gasteiger charge is -2.03. The van der Waals surface area contributed by atoms with Gasteiger partial charge in [0, 0.05) is 28.1 Å². The Bertz CT molecular complexity index is 913. The van der Waals surface area contributed by atoms with Gasteiger partial charge in [-0.3, -0.25) is 4.79 Å². The highest BCUT2D eigenvalue weighted by Gasteiger charge is 2.12. The Kier molecular flexibility index (Phi) is 5.93. The third kappa shape index (κ3) is 4.65. The molecule has 3 aromatic rings. The van der Waals surface area contributed by atoms with E-state index in [1.807, 2.05) is 29.0 Å². The maximum atomic E-state index is 12.3. The van der Waals surface area contributed by atoms with Crippen molar-refractivity contribution in [2.75, 3.05) is 11.9 Å². The van der Waals surface area contributed by atoms with Gasteiger partial charge in [-0.15, -0.1) is 11.3 Å². The van der Waals surface area contributed by atoms with E-state index in [2.05, 4.69) is 10.3 Å². The van der Waals surface area contributed by atoms with Gasteiger partial charge in [0.2, 0.25) is 0 Å². The summed E-state index contributed by atoms with van der Waals surface area (Å²) in [5.41, 5.74) is 2.91. The maximum Gasteiger partial charge on any atom is 0.330 e. The van der Waals surface area contributed by atoms with E-state index in [1.165, 1.54) is 17.4 Å². The number of thiophene rings is 1. The van der Waals surface area contributed by atoms with E-state index in [0.29, 0.717) is 18.0 Å². The summed E-state index contributed by atoms with van der Waals surface area (Å²) in [6, 6.07) is 9.14. The van der Waals surface area contributed by atoms with Gasteiger partial charge in [0.15, 0.2) is 0 Å². The number of thiazole rings is 1. The molecular formula is C19H16N2O3S2. The highest BCUT2D eigenvalue weighted by molar-refractivity contribution is 7.14. The minimum absolute atomic E-state index is 0.252. The van der Waals surface area contributed by atoms with Gasteiger partial charge >= 0.3 is 5.97 Å². The quantitative estimate of drug-likeness (QED) is 0.494. The van der Waals surface area contributed by atoms with E-state index in [0.717, 1.165) is 16.1 Å². The zero-order valence-electron chi connectivity index (χ0n) is 14.0. The van der Waals surface area contributed by atoms with Crippen LogP contribution in [0.5, 0.6) is 0 Å². The molecule has 0 aliphatic carbocycles. The Morgan fingerprint density at radius 2 is 2.00 bits per heavy atom. The van der Waals surface area contributed by atoms with E-state index in [4.69, 9.17) is 4.74 Å². The van der Waals surface area contributed by atoms with Gasteiger partial charge in [-0.25, -0.2) is 9.78 Å². The Balaban J connectivity index is 1.62. The first-order chi connectivity index (χ1) is 12.7. The molecule has 0 spiro atoms. The number of ether oxygens (including phenoxy) is 1. The van der Waals surface area contributed by atoms with Crippen LogP contribution in [-0.4, -0.2) is 23.5 Å². The van der Waals surface area contributed by atoms with Gasteiger partial charge in [-0.2, -0.15) is 11.3 Å². The summed E-state index contributed by atoms with van der Waals surface area (Å²) in [6.45, 7) is 2.10. The first-order valence-corrected chi connectivity index (χ1v) is 9.72. The van der Waals surface area contributed by atoms with E-state index >= 15 is 0 Å². The van der Waals surface area contributed by atoms with Crippen molar-refractivity contribution in [3.63, 3.8) is 0 Å². The Labute approximate surface area is 159 Å². The Hall–Kier alpha value is -2.77. The van der Waals surface area contributed by atoms with Crippen LogP contribution in [0.25, 0.3) is 16.6 Å². The number of carbonyl (C=O) groups excluding carboxylic acids is 2. The number of hydrogen-bond donors (Lipinski definition) is 1. The molecule has 2 heterocycles. The number of hydrogen-bond acceptors (Lipinski definition) is 6. The van der Waals surface area contributed by atoms with Crippen LogP contribution >= 0.6 is 22.7 Å². The monoisotopic (exact) mass is 384 g/mol. The molecule has 3 rings (SSSR count). The lowest BCUT2D eigenvalue weighted by Crippen LogP contribution is -2.12. The molecule has 7 heteroatoms. The molecular weight excluding hydrogens is 368 g/mol. The second-order valence-corrected chi connectivity index (χ2v) is 6.85. The van der Waals surface area contributed by atoms with Crippen LogP contribution in [0, 0.1) is 0 Å². The molecule has 1 amide bonds. The molecule has 0 saturated heterocycles. The van der Waals surface area contributed by atoms with Crippen molar-refractivity contribution in [1.82, 2.24) is 4.98 Å². The number of anilines is 1. The minimum atomic E-state index is -0.380. The van der Waals surface area contributed by atoms with Crippen LogP contribution in [0.2, 0.25) is 0 Å². The number of aromatic nitrogens is 1. The fourth-order valence-corrected chi connectivity index (χ4v) is 3.64. The topological polar surface area (TPSA) is 68.3 Å². The maximum absolute atomic E-state index is 12.3. The second-order valence-electron chi connectivity index (χ2n) is 5.21. The molecule has 1 N–H and O–H groups in total. The standard InChI is InChI=1S/C19H16N2O3S2/c1-2-24-17(22)8-5-13-3-6-15(7-4-13)20-18(23)16-12-26-19(21-16)14-9-10-25-11-14/h3-12H,2H2,1H3,(H,20,23). The molecule has 5 nitrogen and oxygen atoms in total. The van der Waals surface area contributed by atoms with E-state index in [1.54, 1.807) is 41.8 Å². The predicted molar refractivity (Wildman–Crippen MR) is 105 cm³/mol. The molecule has 0 fully saturated rings. The number of nitrogens with zero attached hydrogens (tertiary/aromatic N) is 1. The van der Waals surface area contributed by atoms with Gasteiger partial charge in [0.05, 0.1) is 6.61 Å². The normalized spacial score (nSPS) is 10.8. The smallest absolute Gasteiger partial charge is 0.330 e. The molecule has 0 aliphatic heterocycles. The summed E-state index contributed by atoms with van der Waals surface area (Å²) in [7, 11) is 0. The summed E-state index contributed by atoms with van der Waals surface area (Å²) >= 11 is 3.04. The number of esters is 1. The number of nitrogens with one attached hydrogen (secondary N) is 1. The van der Waals surface area contributed by atoms with Crippen LogP contribution in [0.4, 0.5) is 5.69 Å². The van der Waals surface area contributed by atoms with Crippen molar-refractivity contribution in [3.05, 3.63) is 63.8 Å².